The van der Waals surface area contributed by atoms with E-state index in [2.05, 4.69) is 10.6 Å². The number of aliphatic hydroxyl groups is 2. The Morgan fingerprint density at radius 1 is 0.833 bits per heavy atom. The first-order valence-electron chi connectivity index (χ1n) is 9.32. The molecular formula is C17H31N5O8. The number of amides is 4. The minimum absolute atomic E-state index is 0.114. The predicted octanol–water partition coefficient (Wildman–Crippen LogP) is -3.85. The maximum atomic E-state index is 12.4. The van der Waals surface area contributed by atoms with Gasteiger partial charge < -0.3 is 42.7 Å². The third-order valence-corrected chi connectivity index (χ3v) is 3.99. The van der Waals surface area contributed by atoms with Crippen LogP contribution in [0, 0.1) is 5.92 Å². The van der Waals surface area contributed by atoms with Gasteiger partial charge in [0.1, 0.15) is 18.1 Å². The van der Waals surface area contributed by atoms with Crippen LogP contribution in [0.2, 0.25) is 0 Å². The first-order chi connectivity index (χ1) is 13.9. The van der Waals surface area contributed by atoms with Crippen molar-refractivity contribution in [1.82, 2.24) is 16.0 Å². The third kappa shape index (κ3) is 10.1. The Morgan fingerprint density at radius 2 is 1.30 bits per heavy atom. The monoisotopic (exact) mass is 433 g/mol. The minimum atomic E-state index is -1.63. The van der Waals surface area contributed by atoms with Crippen LogP contribution in [-0.4, -0.2) is 82.3 Å². The number of carbonyl (C=O) groups excluding carboxylic acids is 4. The van der Waals surface area contributed by atoms with Crippen LogP contribution in [-0.2, 0) is 24.0 Å². The smallest absolute Gasteiger partial charge is 0.328 e. The second-order valence-corrected chi connectivity index (χ2v) is 7.13. The van der Waals surface area contributed by atoms with Crippen molar-refractivity contribution >= 4 is 29.6 Å². The van der Waals surface area contributed by atoms with E-state index in [0.717, 1.165) is 0 Å². The summed E-state index contributed by atoms with van der Waals surface area (Å²) in [7, 11) is 0. The number of hydrogen-bond donors (Lipinski definition) is 8. The van der Waals surface area contributed by atoms with Gasteiger partial charge in [-0.15, -0.1) is 0 Å². The number of rotatable bonds is 14. The van der Waals surface area contributed by atoms with Gasteiger partial charge in [0.15, 0.2) is 0 Å². The Hall–Kier alpha value is -2.77. The molecule has 0 fully saturated rings. The molecule has 0 saturated carbocycles. The molecule has 0 aliphatic rings. The van der Waals surface area contributed by atoms with Gasteiger partial charge in [-0.1, -0.05) is 13.8 Å². The van der Waals surface area contributed by atoms with E-state index in [1.807, 2.05) is 19.2 Å². The second kappa shape index (κ2) is 13.5. The lowest BCUT2D eigenvalue weighted by Gasteiger charge is -2.24. The molecule has 30 heavy (non-hydrogen) atoms. The lowest BCUT2D eigenvalue weighted by Crippen LogP contribution is -2.58. The molecule has 13 heteroatoms. The van der Waals surface area contributed by atoms with Crippen molar-refractivity contribution < 1.29 is 39.3 Å². The van der Waals surface area contributed by atoms with E-state index in [-0.39, 0.29) is 18.8 Å². The van der Waals surface area contributed by atoms with Gasteiger partial charge in [-0.05, 0) is 18.8 Å². The van der Waals surface area contributed by atoms with Gasteiger partial charge in [-0.2, -0.15) is 0 Å². The maximum absolute atomic E-state index is 12.4. The molecule has 0 aromatic heterocycles. The number of hydrogen-bond acceptors (Lipinski definition) is 8. The molecule has 4 atom stereocenters. The number of carbonyl (C=O) groups is 5. The van der Waals surface area contributed by atoms with E-state index in [4.69, 9.17) is 21.7 Å². The first-order valence-corrected chi connectivity index (χ1v) is 9.32. The van der Waals surface area contributed by atoms with Crippen LogP contribution in [0.15, 0.2) is 0 Å². The van der Waals surface area contributed by atoms with Crippen LogP contribution in [0.5, 0.6) is 0 Å². The Bertz CT molecular complexity index is 627. The number of aliphatic carboxylic acids is 1. The SMILES string of the molecule is CC(C)CC(N)C(=O)NC(CO)C(=O)NC(CCC(N)=O)C(=O)NC(CO)C(=O)O. The van der Waals surface area contributed by atoms with Crippen molar-refractivity contribution in [2.24, 2.45) is 17.4 Å². The van der Waals surface area contributed by atoms with Gasteiger partial charge in [0, 0.05) is 6.42 Å². The molecule has 0 aromatic carbocycles. The van der Waals surface area contributed by atoms with Crippen molar-refractivity contribution in [2.45, 2.75) is 57.3 Å². The Balaban J connectivity index is 5.21. The van der Waals surface area contributed by atoms with Crippen molar-refractivity contribution in [3.63, 3.8) is 0 Å². The second-order valence-electron chi connectivity index (χ2n) is 7.13. The van der Waals surface area contributed by atoms with Gasteiger partial charge in [-0.25, -0.2) is 4.79 Å². The first kappa shape index (κ1) is 27.2. The average molecular weight is 433 g/mol. The van der Waals surface area contributed by atoms with Gasteiger partial charge in [0.25, 0.3) is 0 Å². The highest BCUT2D eigenvalue weighted by molar-refractivity contribution is 5.94. The standard InChI is InChI=1S/C17H31N5O8/c1-8(2)5-9(18)14(26)21-11(6-23)16(28)20-10(3-4-13(19)25)15(27)22-12(7-24)17(29)30/h8-12,23-24H,3-7,18H2,1-2H3,(H2,19,25)(H,20,28)(H,21,26)(H,22,27)(H,29,30). The molecule has 0 aromatic rings. The molecule has 0 rings (SSSR count). The fourth-order valence-electron chi connectivity index (χ4n) is 2.37. The highest BCUT2D eigenvalue weighted by Gasteiger charge is 2.30. The number of aliphatic hydroxyl groups excluding tert-OH is 2. The molecule has 4 unspecified atom stereocenters. The highest BCUT2D eigenvalue weighted by atomic mass is 16.4. The Morgan fingerprint density at radius 3 is 1.73 bits per heavy atom. The van der Waals surface area contributed by atoms with E-state index in [1.165, 1.54) is 0 Å². The molecule has 0 saturated heterocycles. The van der Waals surface area contributed by atoms with Crippen molar-refractivity contribution in [3.05, 3.63) is 0 Å². The zero-order valence-electron chi connectivity index (χ0n) is 17.0. The largest absolute Gasteiger partial charge is 0.480 e. The number of nitrogens with one attached hydrogen (secondary N) is 3. The van der Waals surface area contributed by atoms with E-state index in [1.54, 1.807) is 0 Å². The molecule has 4 amide bonds. The van der Waals surface area contributed by atoms with Gasteiger partial charge >= 0.3 is 5.97 Å². The van der Waals surface area contributed by atoms with Crippen molar-refractivity contribution in [3.8, 4) is 0 Å². The Labute approximate surface area is 173 Å². The van der Waals surface area contributed by atoms with Crippen LogP contribution < -0.4 is 27.4 Å². The summed E-state index contributed by atoms with van der Waals surface area (Å²) in [5.74, 6) is -4.80. The maximum Gasteiger partial charge on any atom is 0.328 e. The van der Waals surface area contributed by atoms with Crippen LogP contribution >= 0.6 is 0 Å². The molecule has 0 radical (unpaired) electrons. The zero-order valence-corrected chi connectivity index (χ0v) is 17.0. The van der Waals surface area contributed by atoms with Crippen LogP contribution in [0.25, 0.3) is 0 Å². The van der Waals surface area contributed by atoms with E-state index < -0.39 is 67.0 Å². The summed E-state index contributed by atoms with van der Waals surface area (Å²) in [6.45, 7) is 2.00. The summed E-state index contributed by atoms with van der Waals surface area (Å²) in [5.41, 5.74) is 10.8. The molecule has 13 nitrogen and oxygen atoms in total. The quantitative estimate of drug-likeness (QED) is 0.134. The number of nitrogens with two attached hydrogens (primary N) is 2. The van der Waals surface area contributed by atoms with E-state index in [0.29, 0.717) is 6.42 Å². The molecular weight excluding hydrogens is 402 g/mol. The molecule has 0 bridgehead atoms. The minimum Gasteiger partial charge on any atom is -0.480 e. The highest BCUT2D eigenvalue weighted by Crippen LogP contribution is 2.04. The third-order valence-electron chi connectivity index (χ3n) is 3.99. The summed E-state index contributed by atoms with van der Waals surface area (Å²) in [4.78, 5) is 58.8. The van der Waals surface area contributed by atoms with Crippen LogP contribution in [0.1, 0.15) is 33.1 Å². The van der Waals surface area contributed by atoms with Gasteiger partial charge in [0.05, 0.1) is 19.3 Å². The predicted molar refractivity (Wildman–Crippen MR) is 103 cm³/mol. The molecule has 0 heterocycles. The van der Waals surface area contributed by atoms with Crippen LogP contribution in [0.3, 0.4) is 0 Å². The summed E-state index contributed by atoms with van der Waals surface area (Å²) in [6, 6.07) is -5.39. The van der Waals surface area contributed by atoms with Gasteiger partial charge in [0.2, 0.25) is 23.6 Å². The summed E-state index contributed by atoms with van der Waals surface area (Å²) >= 11 is 0. The molecule has 0 aliphatic carbocycles. The number of primary amides is 1. The number of carboxylic acids is 1. The lowest BCUT2D eigenvalue weighted by molar-refractivity contribution is -0.143. The summed E-state index contributed by atoms with van der Waals surface area (Å²) < 4.78 is 0. The fourth-order valence-corrected chi connectivity index (χ4v) is 2.37. The normalized spacial score (nSPS) is 14.9. The average Bonchev–Trinajstić information content (AvgIpc) is 2.65. The van der Waals surface area contributed by atoms with Crippen molar-refractivity contribution in [1.29, 1.82) is 0 Å². The summed E-state index contributed by atoms with van der Waals surface area (Å²) in [6.07, 6.45) is -0.249. The number of carboxylic acid groups (broad SMARTS) is 1. The van der Waals surface area contributed by atoms with Gasteiger partial charge in [-0.3, -0.25) is 19.2 Å². The van der Waals surface area contributed by atoms with Crippen molar-refractivity contribution in [2.75, 3.05) is 13.2 Å². The lowest BCUT2D eigenvalue weighted by atomic mass is 10.0. The molecule has 10 N–H and O–H groups in total. The fraction of sp³-hybridized carbons (Fsp3) is 0.706. The molecule has 0 spiro atoms. The molecule has 0 aliphatic heterocycles. The van der Waals surface area contributed by atoms with E-state index in [9.17, 15) is 29.1 Å². The van der Waals surface area contributed by atoms with Crippen LogP contribution in [0.4, 0.5) is 0 Å². The zero-order chi connectivity index (χ0) is 23.4. The Kier molecular flexibility index (Phi) is 12.2. The topological polar surface area (TPSA) is 234 Å². The summed E-state index contributed by atoms with van der Waals surface area (Å²) in [5, 5.41) is 33.9. The van der Waals surface area contributed by atoms with E-state index >= 15 is 0 Å². The molecule has 172 valence electrons.